The highest BCUT2D eigenvalue weighted by atomic mass is 14.9. The van der Waals surface area contributed by atoms with Gasteiger partial charge in [0.15, 0.2) is 0 Å². The molecule has 15 heavy (non-hydrogen) atoms. The van der Waals surface area contributed by atoms with Gasteiger partial charge < -0.3 is 5.32 Å². The van der Waals surface area contributed by atoms with Gasteiger partial charge in [-0.3, -0.25) is 0 Å². The van der Waals surface area contributed by atoms with Crippen molar-refractivity contribution in [2.75, 3.05) is 13.1 Å². The van der Waals surface area contributed by atoms with Gasteiger partial charge in [0.1, 0.15) is 0 Å². The molecule has 0 bridgehead atoms. The molecule has 0 rings (SSSR count). The summed E-state index contributed by atoms with van der Waals surface area (Å²) in [5, 5.41) is 3.53. The van der Waals surface area contributed by atoms with Crippen LogP contribution in [0.2, 0.25) is 0 Å². The zero-order chi connectivity index (χ0) is 11.7. The van der Waals surface area contributed by atoms with E-state index in [1.165, 1.54) is 25.7 Å². The molecule has 0 aromatic carbocycles. The van der Waals surface area contributed by atoms with Gasteiger partial charge in [-0.1, -0.05) is 53.0 Å². The van der Waals surface area contributed by atoms with Crippen LogP contribution in [0.3, 0.4) is 0 Å². The van der Waals surface area contributed by atoms with Crippen molar-refractivity contribution in [1.29, 1.82) is 0 Å². The van der Waals surface area contributed by atoms with E-state index in [1.54, 1.807) is 0 Å². The summed E-state index contributed by atoms with van der Waals surface area (Å²) in [4.78, 5) is 0. The van der Waals surface area contributed by atoms with Crippen LogP contribution in [-0.2, 0) is 0 Å². The second kappa shape index (κ2) is 7.92. The van der Waals surface area contributed by atoms with Gasteiger partial charge in [-0.05, 0) is 24.3 Å². The van der Waals surface area contributed by atoms with E-state index < -0.39 is 0 Å². The second-order valence-corrected chi connectivity index (χ2v) is 5.34. The summed E-state index contributed by atoms with van der Waals surface area (Å²) < 4.78 is 0. The van der Waals surface area contributed by atoms with Crippen molar-refractivity contribution < 1.29 is 0 Å². The largest absolute Gasteiger partial charge is 0.316 e. The first-order chi connectivity index (χ1) is 7.04. The fraction of sp³-hybridized carbons (Fsp3) is 0.857. The highest BCUT2D eigenvalue weighted by Crippen LogP contribution is 2.24. The van der Waals surface area contributed by atoms with E-state index in [-0.39, 0.29) is 5.41 Å². The minimum atomic E-state index is 0.282. The first-order valence-electron chi connectivity index (χ1n) is 6.38. The zero-order valence-corrected chi connectivity index (χ0v) is 11.1. The van der Waals surface area contributed by atoms with Gasteiger partial charge in [-0.25, -0.2) is 0 Å². The van der Waals surface area contributed by atoms with E-state index in [0.29, 0.717) is 0 Å². The molecule has 0 aromatic rings. The molecule has 0 saturated carbocycles. The van der Waals surface area contributed by atoms with Crippen molar-refractivity contribution in [3.05, 3.63) is 12.7 Å². The van der Waals surface area contributed by atoms with Crippen molar-refractivity contribution in [2.45, 2.75) is 53.4 Å². The number of rotatable bonds is 9. The third kappa shape index (κ3) is 7.61. The molecule has 0 radical (unpaired) electrons. The Balaban J connectivity index is 3.80. The quantitative estimate of drug-likeness (QED) is 0.449. The first kappa shape index (κ1) is 14.7. The summed E-state index contributed by atoms with van der Waals surface area (Å²) in [6.07, 6.45) is 7.34. The third-order valence-corrected chi connectivity index (χ3v) is 2.93. The van der Waals surface area contributed by atoms with Gasteiger partial charge >= 0.3 is 0 Å². The molecule has 0 amide bonds. The molecular weight excluding hydrogens is 182 g/mol. The van der Waals surface area contributed by atoms with E-state index in [1.807, 2.05) is 0 Å². The summed E-state index contributed by atoms with van der Waals surface area (Å²) in [5.41, 5.74) is 0.282. The molecule has 0 aliphatic heterocycles. The molecule has 1 atom stereocenters. The average molecular weight is 211 g/mol. The molecule has 90 valence electrons. The van der Waals surface area contributed by atoms with E-state index in [0.717, 1.165) is 19.0 Å². The van der Waals surface area contributed by atoms with Crippen LogP contribution in [0.1, 0.15) is 53.4 Å². The smallest absolute Gasteiger partial charge is 0.00399 e. The van der Waals surface area contributed by atoms with Crippen LogP contribution < -0.4 is 5.32 Å². The molecule has 1 N–H and O–H groups in total. The predicted molar refractivity (Wildman–Crippen MR) is 70.2 cm³/mol. The predicted octanol–water partition coefficient (Wildman–Crippen LogP) is 4.00. The van der Waals surface area contributed by atoms with Crippen LogP contribution >= 0.6 is 0 Å². The molecule has 0 fully saturated rings. The SMILES string of the molecule is C=CC(C)(CCCCC)CNCC(C)C. The molecule has 0 spiro atoms. The standard InChI is InChI=1S/C14H29N/c1-6-8-9-10-14(5,7-2)12-15-11-13(3)4/h7,13,15H,2,6,8-12H2,1,3-5H3. The lowest BCUT2D eigenvalue weighted by atomic mass is 9.84. The Morgan fingerprint density at radius 2 is 2.00 bits per heavy atom. The first-order valence-corrected chi connectivity index (χ1v) is 6.38. The molecule has 0 aliphatic rings. The fourth-order valence-corrected chi connectivity index (χ4v) is 1.69. The number of hydrogen-bond acceptors (Lipinski definition) is 1. The van der Waals surface area contributed by atoms with Gasteiger partial charge in [0, 0.05) is 6.54 Å². The van der Waals surface area contributed by atoms with Crippen LogP contribution in [-0.4, -0.2) is 13.1 Å². The van der Waals surface area contributed by atoms with Crippen molar-refractivity contribution in [3.8, 4) is 0 Å². The Morgan fingerprint density at radius 1 is 1.33 bits per heavy atom. The summed E-state index contributed by atoms with van der Waals surface area (Å²) in [7, 11) is 0. The summed E-state index contributed by atoms with van der Waals surface area (Å²) in [6.45, 7) is 15.2. The zero-order valence-electron chi connectivity index (χ0n) is 11.1. The third-order valence-electron chi connectivity index (χ3n) is 2.93. The van der Waals surface area contributed by atoms with E-state index in [2.05, 4.69) is 45.7 Å². The van der Waals surface area contributed by atoms with Gasteiger partial charge in [-0.15, -0.1) is 6.58 Å². The van der Waals surface area contributed by atoms with Crippen LogP contribution in [0, 0.1) is 11.3 Å². The lowest BCUT2D eigenvalue weighted by Crippen LogP contribution is -2.32. The topological polar surface area (TPSA) is 12.0 Å². The Bertz CT molecular complexity index is 163. The molecular formula is C14H29N. The maximum atomic E-state index is 3.97. The van der Waals surface area contributed by atoms with Gasteiger partial charge in [0.25, 0.3) is 0 Å². The minimum Gasteiger partial charge on any atom is -0.316 e. The average Bonchev–Trinajstić information content (AvgIpc) is 2.18. The van der Waals surface area contributed by atoms with Crippen LogP contribution in [0.5, 0.6) is 0 Å². The lowest BCUT2D eigenvalue weighted by molar-refractivity contribution is 0.341. The van der Waals surface area contributed by atoms with Crippen molar-refractivity contribution in [2.24, 2.45) is 11.3 Å². The van der Waals surface area contributed by atoms with Crippen LogP contribution in [0.25, 0.3) is 0 Å². The number of unbranched alkanes of at least 4 members (excludes halogenated alkanes) is 2. The number of hydrogen-bond donors (Lipinski definition) is 1. The van der Waals surface area contributed by atoms with Crippen molar-refractivity contribution >= 4 is 0 Å². The monoisotopic (exact) mass is 211 g/mol. The van der Waals surface area contributed by atoms with Crippen LogP contribution in [0.4, 0.5) is 0 Å². The fourth-order valence-electron chi connectivity index (χ4n) is 1.69. The maximum Gasteiger partial charge on any atom is 0.00399 e. The Hall–Kier alpha value is -0.300. The normalized spacial score (nSPS) is 15.3. The van der Waals surface area contributed by atoms with Crippen molar-refractivity contribution in [1.82, 2.24) is 5.32 Å². The van der Waals surface area contributed by atoms with E-state index >= 15 is 0 Å². The molecule has 0 saturated heterocycles. The summed E-state index contributed by atoms with van der Waals surface area (Å²) in [5.74, 6) is 0.731. The Morgan fingerprint density at radius 3 is 2.47 bits per heavy atom. The van der Waals surface area contributed by atoms with Gasteiger partial charge in [-0.2, -0.15) is 0 Å². The Kier molecular flexibility index (Phi) is 7.76. The molecule has 0 aliphatic carbocycles. The lowest BCUT2D eigenvalue weighted by Gasteiger charge is -2.26. The van der Waals surface area contributed by atoms with Crippen LogP contribution in [0.15, 0.2) is 12.7 Å². The van der Waals surface area contributed by atoms with Gasteiger partial charge in [0.2, 0.25) is 0 Å². The minimum absolute atomic E-state index is 0.282. The number of nitrogens with one attached hydrogen (secondary N) is 1. The second-order valence-electron chi connectivity index (χ2n) is 5.34. The molecule has 0 aromatic heterocycles. The molecule has 1 nitrogen and oxygen atoms in total. The summed E-state index contributed by atoms with van der Waals surface area (Å²) >= 11 is 0. The van der Waals surface area contributed by atoms with Crippen molar-refractivity contribution in [3.63, 3.8) is 0 Å². The molecule has 1 unspecified atom stereocenters. The maximum absolute atomic E-state index is 3.97. The van der Waals surface area contributed by atoms with E-state index in [4.69, 9.17) is 0 Å². The summed E-state index contributed by atoms with van der Waals surface area (Å²) in [6, 6.07) is 0. The molecule has 1 heteroatoms. The van der Waals surface area contributed by atoms with E-state index in [9.17, 15) is 0 Å². The Labute approximate surface area is 96.3 Å². The van der Waals surface area contributed by atoms with Gasteiger partial charge in [0.05, 0.1) is 0 Å². The molecule has 0 heterocycles. The highest BCUT2D eigenvalue weighted by Gasteiger charge is 2.18. The highest BCUT2D eigenvalue weighted by molar-refractivity contribution is 4.92.